The van der Waals surface area contributed by atoms with Gasteiger partial charge < -0.3 is 25.7 Å². The number of hydrogen-bond donors (Lipinski definition) is 2. The van der Waals surface area contributed by atoms with Gasteiger partial charge in [0.2, 0.25) is 0 Å². The first-order valence-electron chi connectivity index (χ1n) is 10.7. The van der Waals surface area contributed by atoms with Gasteiger partial charge in [0.15, 0.2) is 5.54 Å². The lowest BCUT2D eigenvalue weighted by Crippen LogP contribution is -2.31. The van der Waals surface area contributed by atoms with Gasteiger partial charge in [0.05, 0.1) is 6.61 Å². The lowest BCUT2D eigenvalue weighted by Gasteiger charge is -2.34. The molecule has 164 valence electrons. The van der Waals surface area contributed by atoms with Crippen LogP contribution in [0.5, 0.6) is 17.2 Å². The molecule has 0 unspecified atom stereocenters. The number of fused-ring (bicyclic) bond motifs is 4. The van der Waals surface area contributed by atoms with E-state index in [9.17, 15) is 0 Å². The number of nitrogens with zero attached hydrogens (tertiary/aromatic N) is 1. The minimum absolute atomic E-state index is 0.0454. The van der Waals surface area contributed by atoms with Gasteiger partial charge in [-0.15, -0.1) is 0 Å². The molecule has 0 radical (unpaired) electrons. The third-order valence-corrected chi connectivity index (χ3v) is 5.69. The summed E-state index contributed by atoms with van der Waals surface area (Å²) in [5, 5.41) is 0. The average molecular weight is 430 g/mol. The summed E-state index contributed by atoms with van der Waals surface area (Å²) in [5.74, 6) is 2.23. The van der Waals surface area contributed by atoms with E-state index in [0.717, 1.165) is 45.2 Å². The highest BCUT2D eigenvalue weighted by Crippen LogP contribution is 2.52. The molecule has 3 aromatic carbocycles. The van der Waals surface area contributed by atoms with Crippen molar-refractivity contribution < 1.29 is 14.2 Å². The molecule has 4 N–H and O–H groups in total. The monoisotopic (exact) mass is 429 g/mol. The molecule has 0 fully saturated rings. The molecule has 0 saturated carbocycles. The Labute approximate surface area is 187 Å². The van der Waals surface area contributed by atoms with Crippen molar-refractivity contribution in [1.82, 2.24) is 0 Å². The first-order valence-corrected chi connectivity index (χ1v) is 10.7. The summed E-state index contributed by atoms with van der Waals surface area (Å²) in [6.45, 7) is 7.32. The molecule has 5 rings (SSSR count). The van der Waals surface area contributed by atoms with E-state index in [0.29, 0.717) is 13.2 Å². The van der Waals surface area contributed by atoms with Crippen molar-refractivity contribution in [2.45, 2.75) is 26.3 Å². The zero-order chi connectivity index (χ0) is 22.5. The quantitative estimate of drug-likeness (QED) is 0.568. The molecule has 3 aromatic rings. The number of hydrogen-bond acceptors (Lipinski definition) is 6. The van der Waals surface area contributed by atoms with E-state index >= 15 is 0 Å². The third kappa shape index (κ3) is 3.51. The molecule has 0 saturated heterocycles. The van der Waals surface area contributed by atoms with Crippen LogP contribution in [0.4, 0.5) is 5.69 Å². The highest BCUT2D eigenvalue weighted by molar-refractivity contribution is 5.78. The van der Waals surface area contributed by atoms with Crippen LogP contribution in [-0.4, -0.2) is 19.2 Å². The molecule has 0 bridgehead atoms. The Hall–Kier alpha value is -3.67. The van der Waals surface area contributed by atoms with Crippen molar-refractivity contribution in [3.8, 4) is 28.4 Å². The summed E-state index contributed by atoms with van der Waals surface area (Å²) in [4.78, 5) is 4.78. The number of amidine groups is 1. The molecule has 2 heterocycles. The zero-order valence-corrected chi connectivity index (χ0v) is 18.5. The second-order valence-corrected chi connectivity index (χ2v) is 9.54. The van der Waals surface area contributed by atoms with Gasteiger partial charge in [-0.25, -0.2) is 4.99 Å². The Kier molecular flexibility index (Phi) is 4.55. The predicted octanol–water partition coefficient (Wildman–Crippen LogP) is 5.05. The number of anilines is 1. The molecule has 6 nitrogen and oxygen atoms in total. The van der Waals surface area contributed by atoms with Gasteiger partial charge in [-0.1, -0.05) is 39.0 Å². The number of benzene rings is 3. The van der Waals surface area contributed by atoms with Crippen LogP contribution in [0.25, 0.3) is 11.1 Å². The molecular weight excluding hydrogens is 402 g/mol. The standard InChI is InChI=1S/C26H27N3O3/c1-25(2,3)14-30-19-9-11-23-21(13-19)26(15-31-24(28)29-26)20-12-17(6-10-22(20)32-23)16-4-7-18(27)8-5-16/h4-13H,14-15,27H2,1-3H3,(H2,28,29)/t26-/m1/s1. The first kappa shape index (κ1) is 20.2. The van der Waals surface area contributed by atoms with Crippen molar-refractivity contribution in [3.63, 3.8) is 0 Å². The fourth-order valence-electron chi connectivity index (χ4n) is 4.08. The predicted molar refractivity (Wildman–Crippen MR) is 126 cm³/mol. The summed E-state index contributed by atoms with van der Waals surface area (Å²) >= 11 is 0. The van der Waals surface area contributed by atoms with Crippen molar-refractivity contribution in [2.24, 2.45) is 16.1 Å². The Balaban J connectivity index is 1.62. The Morgan fingerprint density at radius 1 is 0.906 bits per heavy atom. The van der Waals surface area contributed by atoms with Gasteiger partial charge in [-0.05, 0) is 59.0 Å². The molecule has 2 aliphatic heterocycles. The van der Waals surface area contributed by atoms with Crippen molar-refractivity contribution in [3.05, 3.63) is 71.8 Å². The lowest BCUT2D eigenvalue weighted by molar-refractivity contribution is 0.197. The summed E-state index contributed by atoms with van der Waals surface area (Å²) in [6.07, 6.45) is 0. The van der Waals surface area contributed by atoms with E-state index in [1.807, 2.05) is 54.6 Å². The SMILES string of the molecule is CC(C)(C)COc1ccc2c(c1)[C@@]1(COC(N)=N1)c1cc(-c3ccc(N)cc3)ccc1O2. The summed E-state index contributed by atoms with van der Waals surface area (Å²) < 4.78 is 18.0. The lowest BCUT2D eigenvalue weighted by atomic mass is 9.80. The highest BCUT2D eigenvalue weighted by Gasteiger charge is 2.47. The maximum Gasteiger partial charge on any atom is 0.283 e. The van der Waals surface area contributed by atoms with Crippen LogP contribution in [0.15, 0.2) is 65.7 Å². The highest BCUT2D eigenvalue weighted by atomic mass is 16.5. The fourth-order valence-corrected chi connectivity index (χ4v) is 4.08. The second kappa shape index (κ2) is 7.19. The number of ether oxygens (including phenoxy) is 3. The van der Waals surface area contributed by atoms with Crippen LogP contribution in [-0.2, 0) is 10.3 Å². The van der Waals surface area contributed by atoms with Crippen LogP contribution in [0.1, 0.15) is 31.9 Å². The molecule has 6 heteroatoms. The van der Waals surface area contributed by atoms with E-state index in [2.05, 4.69) is 26.8 Å². The molecule has 1 spiro atoms. The molecule has 0 aromatic heterocycles. The van der Waals surface area contributed by atoms with Gasteiger partial charge in [0, 0.05) is 16.8 Å². The number of nitrogens with two attached hydrogens (primary N) is 2. The smallest absolute Gasteiger partial charge is 0.283 e. The summed E-state index contributed by atoms with van der Waals surface area (Å²) in [6, 6.07) is 19.9. The molecule has 0 amide bonds. The van der Waals surface area contributed by atoms with E-state index in [4.69, 9.17) is 30.7 Å². The average Bonchev–Trinajstić information content (AvgIpc) is 3.15. The van der Waals surface area contributed by atoms with E-state index in [-0.39, 0.29) is 11.4 Å². The normalized spacial score (nSPS) is 18.9. The molecule has 32 heavy (non-hydrogen) atoms. The first-order chi connectivity index (χ1) is 15.2. The van der Waals surface area contributed by atoms with E-state index in [1.165, 1.54) is 0 Å². The van der Waals surface area contributed by atoms with Crippen molar-refractivity contribution >= 4 is 11.7 Å². The Morgan fingerprint density at radius 2 is 1.56 bits per heavy atom. The van der Waals surface area contributed by atoms with Crippen LogP contribution < -0.4 is 20.9 Å². The number of nitrogen functional groups attached to an aromatic ring is 1. The topological polar surface area (TPSA) is 92.1 Å². The second-order valence-electron chi connectivity index (χ2n) is 9.54. The summed E-state index contributed by atoms with van der Waals surface area (Å²) in [7, 11) is 0. The summed E-state index contributed by atoms with van der Waals surface area (Å²) in [5.41, 5.74) is 15.7. The van der Waals surface area contributed by atoms with Crippen LogP contribution in [0.3, 0.4) is 0 Å². The minimum Gasteiger partial charge on any atom is -0.493 e. The number of rotatable bonds is 3. The molecular formula is C26H27N3O3. The van der Waals surface area contributed by atoms with E-state index < -0.39 is 5.54 Å². The van der Waals surface area contributed by atoms with Gasteiger partial charge >= 0.3 is 0 Å². The Bertz CT molecular complexity index is 1210. The van der Waals surface area contributed by atoms with Crippen molar-refractivity contribution in [1.29, 1.82) is 0 Å². The van der Waals surface area contributed by atoms with Gasteiger partial charge in [-0.2, -0.15) is 0 Å². The largest absolute Gasteiger partial charge is 0.493 e. The maximum absolute atomic E-state index is 6.27. The van der Waals surface area contributed by atoms with Gasteiger partial charge in [0.1, 0.15) is 23.9 Å². The molecule has 2 aliphatic rings. The van der Waals surface area contributed by atoms with Crippen LogP contribution >= 0.6 is 0 Å². The Morgan fingerprint density at radius 3 is 2.22 bits per heavy atom. The number of aliphatic imine (C=N–C) groups is 1. The van der Waals surface area contributed by atoms with Crippen LogP contribution in [0, 0.1) is 5.41 Å². The van der Waals surface area contributed by atoms with Crippen molar-refractivity contribution in [2.75, 3.05) is 18.9 Å². The minimum atomic E-state index is -0.794. The van der Waals surface area contributed by atoms with Gasteiger partial charge in [-0.3, -0.25) is 0 Å². The molecule has 1 atom stereocenters. The molecule has 0 aliphatic carbocycles. The zero-order valence-electron chi connectivity index (χ0n) is 18.5. The van der Waals surface area contributed by atoms with Crippen LogP contribution in [0.2, 0.25) is 0 Å². The fraction of sp³-hybridized carbons (Fsp3) is 0.269. The third-order valence-electron chi connectivity index (χ3n) is 5.69. The maximum atomic E-state index is 6.27. The van der Waals surface area contributed by atoms with E-state index in [1.54, 1.807) is 0 Å². The van der Waals surface area contributed by atoms with Gasteiger partial charge in [0.25, 0.3) is 6.02 Å².